The van der Waals surface area contributed by atoms with E-state index < -0.39 is 10.4 Å². The third-order valence-electron chi connectivity index (χ3n) is 9.23. The summed E-state index contributed by atoms with van der Waals surface area (Å²) in [6, 6.07) is 7.27. The molecular formula is C40H82N2O5S. The second kappa shape index (κ2) is 34.3. The summed E-state index contributed by atoms with van der Waals surface area (Å²) in [6.45, 7) is 32.1. The predicted molar refractivity (Wildman–Crippen MR) is 207 cm³/mol. The molecule has 1 rings (SSSR count). The zero-order valence-corrected chi connectivity index (χ0v) is 34.2. The van der Waals surface area contributed by atoms with Crippen LogP contribution in [0, 0.1) is 0 Å². The van der Waals surface area contributed by atoms with Crippen LogP contribution < -0.4 is 0 Å². The first-order valence-corrected chi connectivity index (χ1v) is 21.3. The summed E-state index contributed by atoms with van der Waals surface area (Å²) < 4.78 is 36.9. The van der Waals surface area contributed by atoms with Crippen molar-refractivity contribution in [3.63, 3.8) is 0 Å². The van der Waals surface area contributed by atoms with E-state index in [1.54, 1.807) is 12.1 Å². The van der Waals surface area contributed by atoms with Crippen molar-refractivity contribution in [2.75, 3.05) is 52.4 Å². The molecule has 0 aliphatic rings. The lowest BCUT2D eigenvalue weighted by molar-refractivity contribution is -0.929. The molecule has 0 heterocycles. The first kappa shape index (κ1) is 51.2. The van der Waals surface area contributed by atoms with Crippen molar-refractivity contribution in [3.05, 3.63) is 29.8 Å². The van der Waals surface area contributed by atoms with E-state index in [4.69, 9.17) is 22.6 Å². The molecule has 1 N–H and O–H groups in total. The zero-order valence-electron chi connectivity index (χ0n) is 33.4. The summed E-state index contributed by atoms with van der Waals surface area (Å²) in [7, 11) is -5.17. The predicted octanol–water partition coefficient (Wildman–Crippen LogP) is 10.6. The molecule has 0 atom stereocenters. The number of hydrogen-bond acceptors (Lipinski definition) is 5. The Hall–Kier alpha value is -1.19. The summed E-state index contributed by atoms with van der Waals surface area (Å²) in [6.07, 6.45) is 23.2. The van der Waals surface area contributed by atoms with Gasteiger partial charge in [-0.3, -0.25) is 8.42 Å². The number of hydrogen-bond donors (Lipinski definition) is 1. The van der Waals surface area contributed by atoms with Gasteiger partial charge in [0.05, 0.1) is 52.4 Å². The summed E-state index contributed by atoms with van der Waals surface area (Å²) in [4.78, 5) is 0. The Morgan fingerprint density at radius 1 is 0.458 bits per heavy atom. The summed E-state index contributed by atoms with van der Waals surface area (Å²) in [5.74, 6) is 0.340. The molecule has 0 aliphatic carbocycles. The highest BCUT2D eigenvalue weighted by atomic mass is 32.3. The molecule has 48 heavy (non-hydrogen) atoms. The fourth-order valence-corrected chi connectivity index (χ4v) is 6.02. The third-order valence-corrected chi connectivity index (χ3v) is 9.23. The SMILES string of the molecule is CCCC[N+](CCCC)(CCCC)CCCC.CCCC[N+](CCCC)(CCCC)CCCC.CCc1ccc(O)cc1.O=S(=O)([O-])[O-]. The van der Waals surface area contributed by atoms with Crippen molar-refractivity contribution in [1.29, 1.82) is 0 Å². The Balaban J connectivity index is -0.000000610. The van der Waals surface area contributed by atoms with Crippen molar-refractivity contribution in [2.45, 2.75) is 171 Å². The monoisotopic (exact) mass is 703 g/mol. The number of nitrogens with zero attached hydrogens (tertiary/aromatic N) is 2. The number of aromatic hydroxyl groups is 1. The summed E-state index contributed by atoms with van der Waals surface area (Å²) in [5.41, 5.74) is 1.26. The maximum Gasteiger partial charge on any atom is 0.115 e. The minimum atomic E-state index is -5.17. The second-order valence-corrected chi connectivity index (χ2v) is 14.5. The first-order chi connectivity index (χ1) is 22.8. The standard InChI is InChI=1S/2C16H36N.C8H10O.H2O4S/c2*1-5-9-13-17(14-10-6-2,15-11-7-3)16-12-8-4;1-2-7-3-5-8(9)6-4-7;1-5(2,3)4/h2*5-16H2,1-4H3;3-6,9H,2H2,1H3;(H2,1,2,3,4)/q2*+1;;/p-2. The zero-order chi connectivity index (χ0) is 37.2. The van der Waals surface area contributed by atoms with E-state index in [9.17, 15) is 0 Å². The summed E-state index contributed by atoms with van der Waals surface area (Å²) in [5, 5.41) is 8.85. The lowest BCUT2D eigenvalue weighted by atomic mass is 10.1. The van der Waals surface area contributed by atoms with E-state index in [-0.39, 0.29) is 0 Å². The molecule has 0 radical (unpaired) electrons. The molecule has 1 aromatic rings. The van der Waals surface area contributed by atoms with Crippen LogP contribution in [0.25, 0.3) is 0 Å². The maximum atomic E-state index is 8.85. The molecular weight excluding hydrogens is 621 g/mol. The van der Waals surface area contributed by atoms with E-state index in [1.807, 2.05) is 12.1 Å². The Morgan fingerprint density at radius 3 is 0.792 bits per heavy atom. The van der Waals surface area contributed by atoms with Crippen molar-refractivity contribution < 1.29 is 31.6 Å². The normalized spacial score (nSPS) is 11.5. The molecule has 0 amide bonds. The van der Waals surface area contributed by atoms with Gasteiger partial charge in [0.2, 0.25) is 0 Å². The van der Waals surface area contributed by atoms with E-state index in [0.717, 1.165) is 6.42 Å². The molecule has 8 heteroatoms. The smallest absolute Gasteiger partial charge is 0.115 e. The molecule has 0 unspecified atom stereocenters. The van der Waals surface area contributed by atoms with Crippen molar-refractivity contribution in [3.8, 4) is 5.75 Å². The lowest BCUT2D eigenvalue weighted by Crippen LogP contribution is -2.50. The molecule has 0 fully saturated rings. The van der Waals surface area contributed by atoms with Gasteiger partial charge in [0, 0.05) is 10.4 Å². The number of quaternary nitrogens is 2. The molecule has 0 bridgehead atoms. The Labute approximate surface area is 300 Å². The van der Waals surface area contributed by atoms with Gasteiger partial charge in [-0.05, 0) is 75.5 Å². The molecule has 0 aliphatic heterocycles. The third kappa shape index (κ3) is 33.3. The topological polar surface area (TPSA) is 100 Å². The minimum Gasteiger partial charge on any atom is -0.759 e. The number of phenolic OH excluding ortho intramolecular Hbond substituents is 1. The largest absolute Gasteiger partial charge is 0.759 e. The highest BCUT2D eigenvalue weighted by Crippen LogP contribution is 2.18. The van der Waals surface area contributed by atoms with Gasteiger partial charge < -0.3 is 23.2 Å². The Morgan fingerprint density at radius 2 is 0.646 bits per heavy atom. The van der Waals surface area contributed by atoms with Crippen LogP contribution in [0.5, 0.6) is 5.75 Å². The average molecular weight is 703 g/mol. The number of phenols is 1. The van der Waals surface area contributed by atoms with Crippen LogP contribution in [-0.4, -0.2) is 84.0 Å². The highest BCUT2D eigenvalue weighted by Gasteiger charge is 2.25. The second-order valence-electron chi connectivity index (χ2n) is 13.7. The fourth-order valence-electron chi connectivity index (χ4n) is 6.02. The van der Waals surface area contributed by atoms with Gasteiger partial charge in [-0.1, -0.05) is 126 Å². The van der Waals surface area contributed by atoms with Gasteiger partial charge in [-0.2, -0.15) is 0 Å². The molecule has 1 aromatic carbocycles. The Kier molecular flexibility index (Phi) is 36.5. The van der Waals surface area contributed by atoms with Gasteiger partial charge in [0.15, 0.2) is 0 Å². The van der Waals surface area contributed by atoms with Crippen LogP contribution in [0.4, 0.5) is 0 Å². The van der Waals surface area contributed by atoms with Crippen LogP contribution in [0.3, 0.4) is 0 Å². The van der Waals surface area contributed by atoms with E-state index in [0.29, 0.717) is 5.75 Å². The first-order valence-electron chi connectivity index (χ1n) is 20.0. The number of benzene rings is 1. The molecule has 7 nitrogen and oxygen atoms in total. The fraction of sp³-hybridized carbons (Fsp3) is 0.850. The van der Waals surface area contributed by atoms with Crippen LogP contribution >= 0.6 is 0 Å². The summed E-state index contributed by atoms with van der Waals surface area (Å²) >= 11 is 0. The van der Waals surface area contributed by atoms with Gasteiger partial charge >= 0.3 is 0 Å². The average Bonchev–Trinajstić information content (AvgIpc) is 3.07. The van der Waals surface area contributed by atoms with Gasteiger partial charge in [-0.15, -0.1) is 0 Å². The van der Waals surface area contributed by atoms with Crippen molar-refractivity contribution >= 4 is 10.4 Å². The highest BCUT2D eigenvalue weighted by molar-refractivity contribution is 7.79. The lowest BCUT2D eigenvalue weighted by Gasteiger charge is -2.39. The molecule has 0 saturated carbocycles. The van der Waals surface area contributed by atoms with E-state index in [2.05, 4.69) is 62.3 Å². The van der Waals surface area contributed by atoms with E-state index >= 15 is 0 Å². The molecule has 0 spiro atoms. The van der Waals surface area contributed by atoms with Crippen molar-refractivity contribution in [2.24, 2.45) is 0 Å². The number of aryl methyl sites for hydroxylation is 1. The van der Waals surface area contributed by atoms with Gasteiger partial charge in [0.1, 0.15) is 5.75 Å². The van der Waals surface area contributed by atoms with Gasteiger partial charge in [-0.25, -0.2) is 0 Å². The van der Waals surface area contributed by atoms with E-state index in [1.165, 1.54) is 170 Å². The van der Waals surface area contributed by atoms with Crippen LogP contribution in [0.2, 0.25) is 0 Å². The van der Waals surface area contributed by atoms with Crippen LogP contribution in [0.1, 0.15) is 171 Å². The molecule has 288 valence electrons. The number of unbranched alkanes of at least 4 members (excludes halogenated alkanes) is 8. The minimum absolute atomic E-state index is 0.340. The maximum absolute atomic E-state index is 8.85. The van der Waals surface area contributed by atoms with Crippen molar-refractivity contribution in [1.82, 2.24) is 0 Å². The number of rotatable bonds is 25. The quantitative estimate of drug-likeness (QED) is 0.0621. The van der Waals surface area contributed by atoms with Crippen LogP contribution in [0.15, 0.2) is 24.3 Å². The van der Waals surface area contributed by atoms with Crippen LogP contribution in [-0.2, 0) is 16.8 Å². The molecule has 0 aromatic heterocycles. The Bertz CT molecular complexity index is 774. The molecule has 0 saturated heterocycles. The van der Waals surface area contributed by atoms with Gasteiger partial charge in [0.25, 0.3) is 0 Å².